The van der Waals surface area contributed by atoms with E-state index in [0.717, 1.165) is 10.9 Å². The van der Waals surface area contributed by atoms with E-state index in [-0.39, 0.29) is 5.69 Å². The van der Waals surface area contributed by atoms with E-state index in [1.54, 1.807) is 30.5 Å². The van der Waals surface area contributed by atoms with Crippen LogP contribution >= 0.6 is 11.6 Å². The number of carbonyl (C=O) groups is 1. The SMILES string of the molecule is Nc1ncccc1CNc1cc(Cl)cc2cc(C(=O)O)[nH]c12. The van der Waals surface area contributed by atoms with Gasteiger partial charge in [-0.3, -0.25) is 0 Å². The molecular weight excluding hydrogens is 304 g/mol. The van der Waals surface area contributed by atoms with E-state index in [4.69, 9.17) is 22.4 Å². The monoisotopic (exact) mass is 316 g/mol. The number of fused-ring (bicyclic) bond motifs is 1. The average molecular weight is 317 g/mol. The van der Waals surface area contributed by atoms with Gasteiger partial charge in [-0.25, -0.2) is 9.78 Å². The number of pyridine rings is 1. The minimum Gasteiger partial charge on any atom is -0.477 e. The number of nitrogens with two attached hydrogens (primary N) is 1. The number of carboxylic acid groups (broad SMARTS) is 1. The molecule has 0 atom stereocenters. The summed E-state index contributed by atoms with van der Waals surface area (Å²) >= 11 is 6.09. The molecule has 0 unspecified atom stereocenters. The zero-order valence-electron chi connectivity index (χ0n) is 11.4. The largest absolute Gasteiger partial charge is 0.477 e. The quantitative estimate of drug-likeness (QED) is 0.592. The Hall–Kier alpha value is -2.73. The van der Waals surface area contributed by atoms with Crippen LogP contribution in [0.25, 0.3) is 10.9 Å². The van der Waals surface area contributed by atoms with Crippen molar-refractivity contribution in [3.63, 3.8) is 0 Å². The van der Waals surface area contributed by atoms with E-state index in [1.165, 1.54) is 0 Å². The van der Waals surface area contributed by atoms with Crippen LogP contribution in [0.5, 0.6) is 0 Å². The molecule has 0 fully saturated rings. The zero-order chi connectivity index (χ0) is 15.7. The molecule has 0 saturated carbocycles. The van der Waals surface area contributed by atoms with E-state index in [0.29, 0.717) is 28.6 Å². The van der Waals surface area contributed by atoms with Crippen LogP contribution in [0.2, 0.25) is 5.02 Å². The number of halogens is 1. The molecule has 6 nitrogen and oxygen atoms in total. The maximum absolute atomic E-state index is 11.1. The molecule has 112 valence electrons. The van der Waals surface area contributed by atoms with Crippen molar-refractivity contribution in [3.8, 4) is 0 Å². The van der Waals surface area contributed by atoms with Crippen molar-refractivity contribution in [1.29, 1.82) is 0 Å². The van der Waals surface area contributed by atoms with Gasteiger partial charge in [-0.15, -0.1) is 0 Å². The Bertz CT molecular complexity index is 860. The van der Waals surface area contributed by atoms with Gasteiger partial charge in [0.2, 0.25) is 0 Å². The van der Waals surface area contributed by atoms with Crippen LogP contribution in [0, 0.1) is 0 Å². The van der Waals surface area contributed by atoms with E-state index >= 15 is 0 Å². The number of aromatic carboxylic acids is 1. The standard InChI is InChI=1S/C15H13ClN4O2/c16-10-4-9-5-12(15(21)22)20-13(9)11(6-10)19-7-8-2-1-3-18-14(8)17/h1-6,19-20H,7H2,(H2,17,18)(H,21,22). The number of carboxylic acids is 1. The number of aromatic nitrogens is 2. The average Bonchev–Trinajstić information content (AvgIpc) is 2.90. The van der Waals surface area contributed by atoms with Crippen LogP contribution < -0.4 is 11.1 Å². The summed E-state index contributed by atoms with van der Waals surface area (Å²) in [4.78, 5) is 18.0. The number of anilines is 2. The summed E-state index contributed by atoms with van der Waals surface area (Å²) in [6.45, 7) is 0.455. The zero-order valence-corrected chi connectivity index (χ0v) is 12.2. The maximum Gasteiger partial charge on any atom is 0.352 e. The van der Waals surface area contributed by atoms with Gasteiger partial charge < -0.3 is 21.1 Å². The van der Waals surface area contributed by atoms with Gasteiger partial charge in [0.1, 0.15) is 11.5 Å². The Kier molecular flexibility index (Phi) is 3.60. The van der Waals surface area contributed by atoms with Gasteiger partial charge in [0.05, 0.1) is 11.2 Å². The van der Waals surface area contributed by atoms with Gasteiger partial charge in [0.15, 0.2) is 0 Å². The highest BCUT2D eigenvalue weighted by Crippen LogP contribution is 2.29. The fraction of sp³-hybridized carbons (Fsp3) is 0.0667. The van der Waals surface area contributed by atoms with Gasteiger partial charge in [-0.1, -0.05) is 17.7 Å². The van der Waals surface area contributed by atoms with E-state index in [9.17, 15) is 4.79 Å². The molecule has 5 N–H and O–H groups in total. The third-order valence-electron chi connectivity index (χ3n) is 3.32. The second-order valence-electron chi connectivity index (χ2n) is 4.81. The van der Waals surface area contributed by atoms with Crippen LogP contribution in [-0.4, -0.2) is 21.0 Å². The molecule has 0 spiro atoms. The highest BCUT2D eigenvalue weighted by Gasteiger charge is 2.12. The first-order valence-corrected chi connectivity index (χ1v) is 6.91. The lowest BCUT2D eigenvalue weighted by Gasteiger charge is -2.10. The van der Waals surface area contributed by atoms with Crippen molar-refractivity contribution in [3.05, 3.63) is 52.8 Å². The molecule has 3 aromatic rings. The first-order chi connectivity index (χ1) is 10.5. The molecule has 2 aromatic heterocycles. The Balaban J connectivity index is 1.96. The van der Waals surface area contributed by atoms with Crippen LogP contribution in [0.4, 0.5) is 11.5 Å². The minimum atomic E-state index is -1.02. The summed E-state index contributed by atoms with van der Waals surface area (Å²) in [7, 11) is 0. The predicted molar refractivity (Wildman–Crippen MR) is 86.2 cm³/mol. The predicted octanol–water partition coefficient (Wildman–Crippen LogP) is 3.11. The van der Waals surface area contributed by atoms with E-state index in [1.807, 2.05) is 6.07 Å². The molecule has 0 bridgehead atoms. The number of nitrogens with zero attached hydrogens (tertiary/aromatic N) is 1. The number of H-pyrrole nitrogens is 1. The second-order valence-corrected chi connectivity index (χ2v) is 5.24. The van der Waals surface area contributed by atoms with Gasteiger partial charge in [0.25, 0.3) is 0 Å². The fourth-order valence-electron chi connectivity index (χ4n) is 2.25. The normalized spacial score (nSPS) is 10.8. The molecule has 0 radical (unpaired) electrons. The molecule has 0 aliphatic heterocycles. The van der Waals surface area contributed by atoms with Gasteiger partial charge in [0, 0.05) is 28.7 Å². The number of rotatable bonds is 4. The van der Waals surface area contributed by atoms with Crippen molar-refractivity contribution in [1.82, 2.24) is 9.97 Å². The Morgan fingerprint density at radius 2 is 2.23 bits per heavy atom. The summed E-state index contributed by atoms with van der Waals surface area (Å²) in [5, 5.41) is 13.5. The molecule has 2 heterocycles. The number of nitrogens with one attached hydrogen (secondary N) is 2. The lowest BCUT2D eigenvalue weighted by Crippen LogP contribution is -2.04. The van der Waals surface area contributed by atoms with Crippen LogP contribution in [-0.2, 0) is 6.54 Å². The summed E-state index contributed by atoms with van der Waals surface area (Å²) in [5.41, 5.74) is 8.16. The van der Waals surface area contributed by atoms with Gasteiger partial charge in [-0.2, -0.15) is 0 Å². The molecule has 0 amide bonds. The van der Waals surface area contributed by atoms with Crippen LogP contribution in [0.3, 0.4) is 0 Å². The lowest BCUT2D eigenvalue weighted by atomic mass is 10.2. The van der Waals surface area contributed by atoms with Gasteiger partial charge >= 0.3 is 5.97 Å². The number of hydrogen-bond donors (Lipinski definition) is 4. The molecule has 0 aliphatic rings. The Morgan fingerprint density at radius 3 is 2.95 bits per heavy atom. The highest BCUT2D eigenvalue weighted by molar-refractivity contribution is 6.32. The van der Waals surface area contributed by atoms with Crippen molar-refractivity contribution in [2.45, 2.75) is 6.54 Å². The lowest BCUT2D eigenvalue weighted by molar-refractivity contribution is 0.0691. The Morgan fingerprint density at radius 1 is 1.41 bits per heavy atom. The third-order valence-corrected chi connectivity index (χ3v) is 3.54. The molecule has 3 rings (SSSR count). The van der Waals surface area contributed by atoms with Crippen molar-refractivity contribution in [2.75, 3.05) is 11.1 Å². The van der Waals surface area contributed by atoms with E-state index in [2.05, 4.69) is 15.3 Å². The smallest absolute Gasteiger partial charge is 0.352 e. The number of aromatic amines is 1. The molecule has 22 heavy (non-hydrogen) atoms. The van der Waals surface area contributed by atoms with Crippen LogP contribution in [0.15, 0.2) is 36.5 Å². The molecule has 0 saturated heterocycles. The minimum absolute atomic E-state index is 0.112. The maximum atomic E-state index is 11.1. The summed E-state index contributed by atoms with van der Waals surface area (Å²) in [5.74, 6) is -0.569. The van der Waals surface area contributed by atoms with E-state index < -0.39 is 5.97 Å². The summed E-state index contributed by atoms with van der Waals surface area (Å²) < 4.78 is 0. The highest BCUT2D eigenvalue weighted by atomic mass is 35.5. The molecule has 1 aromatic carbocycles. The topological polar surface area (TPSA) is 104 Å². The van der Waals surface area contributed by atoms with Crippen LogP contribution in [0.1, 0.15) is 16.1 Å². The van der Waals surface area contributed by atoms with Crippen molar-refractivity contribution < 1.29 is 9.90 Å². The van der Waals surface area contributed by atoms with Crippen molar-refractivity contribution in [2.24, 2.45) is 0 Å². The fourth-order valence-corrected chi connectivity index (χ4v) is 2.48. The second kappa shape index (κ2) is 5.57. The summed E-state index contributed by atoms with van der Waals surface area (Å²) in [6, 6.07) is 8.67. The van der Waals surface area contributed by atoms with Gasteiger partial charge in [-0.05, 0) is 24.3 Å². The molecule has 7 heteroatoms. The first-order valence-electron chi connectivity index (χ1n) is 6.53. The summed E-state index contributed by atoms with van der Waals surface area (Å²) in [6.07, 6.45) is 1.63. The molecule has 0 aliphatic carbocycles. The number of nitrogen functional groups attached to an aromatic ring is 1. The number of hydrogen-bond acceptors (Lipinski definition) is 4. The molecular formula is C15H13ClN4O2. The van der Waals surface area contributed by atoms with Crippen molar-refractivity contribution >= 4 is 40.0 Å². The third kappa shape index (κ3) is 2.68. The number of benzene rings is 1. The Labute approximate surface area is 130 Å². The first kappa shape index (κ1) is 14.2.